The molecule has 0 radical (unpaired) electrons. The molecule has 1 aromatic heterocycles. The van der Waals surface area contributed by atoms with Crippen molar-refractivity contribution in [2.45, 2.75) is 33.6 Å². The fraction of sp³-hybridized carbons (Fsp3) is 0.222. The Morgan fingerprint density at radius 3 is 2.44 bits per heavy atom. The number of hydrogen-bond donors (Lipinski definition) is 1. The van der Waals surface area contributed by atoms with E-state index >= 15 is 0 Å². The van der Waals surface area contributed by atoms with Crippen LogP contribution in [0.15, 0.2) is 94.8 Å². The average Bonchev–Trinajstić information content (AvgIpc) is 3.04. The summed E-state index contributed by atoms with van der Waals surface area (Å²) in [4.78, 5) is 31.1. The van der Waals surface area contributed by atoms with Crippen LogP contribution in [-0.2, 0) is 4.79 Å². The summed E-state index contributed by atoms with van der Waals surface area (Å²) in [7, 11) is 1.65. The summed E-state index contributed by atoms with van der Waals surface area (Å²) in [5.41, 5.74) is 4.34. The Morgan fingerprint density at radius 2 is 1.71 bits per heavy atom. The zero-order chi connectivity index (χ0) is 31.9. The third-order valence-corrected chi connectivity index (χ3v) is 7.20. The lowest BCUT2D eigenvalue weighted by Crippen LogP contribution is -2.21. The Morgan fingerprint density at radius 1 is 0.956 bits per heavy atom. The van der Waals surface area contributed by atoms with E-state index in [2.05, 4.69) is 24.3 Å². The molecule has 5 rings (SSSR count). The molecule has 1 amide bonds. The number of anilines is 1. The lowest BCUT2D eigenvalue weighted by Gasteiger charge is -2.17. The van der Waals surface area contributed by atoms with Crippen molar-refractivity contribution in [1.82, 2.24) is 9.66 Å². The van der Waals surface area contributed by atoms with E-state index in [0.717, 1.165) is 22.4 Å². The van der Waals surface area contributed by atoms with Gasteiger partial charge >= 0.3 is 0 Å². The minimum atomic E-state index is -0.292. The maximum Gasteiger partial charge on any atom is 0.282 e. The van der Waals surface area contributed by atoms with Crippen molar-refractivity contribution in [3.05, 3.63) is 112 Å². The van der Waals surface area contributed by atoms with E-state index in [-0.39, 0.29) is 24.0 Å². The summed E-state index contributed by atoms with van der Waals surface area (Å²) in [5, 5.41) is 7.90. The van der Waals surface area contributed by atoms with E-state index < -0.39 is 0 Å². The summed E-state index contributed by atoms with van der Waals surface area (Å²) in [6.45, 7) is 8.21. The Bertz CT molecular complexity index is 1920. The number of methoxy groups -OCH3 is 1. The smallest absolute Gasteiger partial charge is 0.282 e. The second kappa shape index (κ2) is 13.9. The van der Waals surface area contributed by atoms with E-state index in [1.54, 1.807) is 49.7 Å². The van der Waals surface area contributed by atoms with Gasteiger partial charge in [-0.05, 0) is 91.1 Å². The van der Waals surface area contributed by atoms with Gasteiger partial charge in [0.25, 0.3) is 11.5 Å². The van der Waals surface area contributed by atoms with Gasteiger partial charge in [-0.15, -0.1) is 0 Å². The summed E-state index contributed by atoms with van der Waals surface area (Å²) in [6, 6.07) is 25.6. The number of carbonyl (C=O) groups excluding carboxylic acids is 1. The first-order valence-electron chi connectivity index (χ1n) is 14.8. The number of fused-ring (bicyclic) bond motifs is 1. The SMILES string of the molecule is CCOc1cc(C=Nn2c(-c3cc(C(C)C)c(OC)cc3C)nc3ccccc3c2=O)ccc1OCC(=O)Nc1ccccc1. The van der Waals surface area contributed by atoms with Crippen LogP contribution in [0.3, 0.4) is 0 Å². The first-order valence-corrected chi connectivity index (χ1v) is 14.8. The predicted octanol–water partition coefficient (Wildman–Crippen LogP) is 6.80. The fourth-order valence-corrected chi connectivity index (χ4v) is 4.95. The van der Waals surface area contributed by atoms with Crippen molar-refractivity contribution in [1.29, 1.82) is 0 Å². The molecule has 0 saturated heterocycles. The number of para-hydroxylation sites is 2. The largest absolute Gasteiger partial charge is 0.496 e. The van der Waals surface area contributed by atoms with Crippen LogP contribution in [0.2, 0.25) is 0 Å². The molecule has 1 heterocycles. The molecule has 230 valence electrons. The minimum absolute atomic E-state index is 0.186. The zero-order valence-corrected chi connectivity index (χ0v) is 26.0. The van der Waals surface area contributed by atoms with Crippen molar-refractivity contribution in [2.75, 3.05) is 25.6 Å². The lowest BCUT2D eigenvalue weighted by atomic mass is 9.96. The number of nitrogens with zero attached hydrogens (tertiary/aromatic N) is 3. The topological polar surface area (TPSA) is 104 Å². The number of benzene rings is 4. The highest BCUT2D eigenvalue weighted by Crippen LogP contribution is 2.34. The third-order valence-electron chi connectivity index (χ3n) is 7.20. The van der Waals surface area contributed by atoms with E-state index in [1.165, 1.54) is 4.68 Å². The number of rotatable bonds is 11. The van der Waals surface area contributed by atoms with Crippen LogP contribution >= 0.6 is 0 Å². The maximum absolute atomic E-state index is 13.8. The monoisotopic (exact) mass is 604 g/mol. The van der Waals surface area contributed by atoms with Gasteiger partial charge in [-0.1, -0.05) is 44.2 Å². The van der Waals surface area contributed by atoms with Crippen LogP contribution in [0.4, 0.5) is 5.69 Å². The molecule has 0 unspecified atom stereocenters. The molecule has 0 bridgehead atoms. The van der Waals surface area contributed by atoms with Crippen molar-refractivity contribution >= 4 is 28.7 Å². The van der Waals surface area contributed by atoms with Crippen molar-refractivity contribution < 1.29 is 19.0 Å². The molecule has 0 aliphatic heterocycles. The van der Waals surface area contributed by atoms with Gasteiger partial charge in [0.15, 0.2) is 23.9 Å². The highest BCUT2D eigenvalue weighted by molar-refractivity contribution is 5.92. The second-order valence-electron chi connectivity index (χ2n) is 10.7. The normalized spacial score (nSPS) is 11.2. The number of aryl methyl sites for hydroxylation is 1. The van der Waals surface area contributed by atoms with E-state index in [0.29, 0.717) is 46.1 Å². The van der Waals surface area contributed by atoms with Gasteiger partial charge in [-0.3, -0.25) is 9.59 Å². The molecule has 5 aromatic rings. The minimum Gasteiger partial charge on any atom is -0.496 e. The molecule has 1 N–H and O–H groups in total. The number of carbonyl (C=O) groups is 1. The highest BCUT2D eigenvalue weighted by atomic mass is 16.5. The third kappa shape index (κ3) is 7.04. The van der Waals surface area contributed by atoms with Crippen LogP contribution in [0.1, 0.15) is 43.4 Å². The van der Waals surface area contributed by atoms with Crippen LogP contribution in [0.5, 0.6) is 17.2 Å². The van der Waals surface area contributed by atoms with Crippen molar-refractivity contribution in [2.24, 2.45) is 5.10 Å². The summed E-state index contributed by atoms with van der Waals surface area (Å²) in [6.07, 6.45) is 1.58. The standard InChI is InChI=1S/C36H36N4O5/c1-6-44-33-19-25(16-17-31(33)45-22-34(41)38-26-12-8-7-9-13-26)21-37-40-35(39-30-15-11-10-14-27(30)36(40)42)29-20-28(23(2)3)32(43-5)18-24(29)4/h7-21,23H,6,22H2,1-5H3,(H,38,41). The summed E-state index contributed by atoms with van der Waals surface area (Å²) in [5.74, 6) is 1.97. The first-order chi connectivity index (χ1) is 21.8. The first kappa shape index (κ1) is 31.0. The maximum atomic E-state index is 13.8. The van der Waals surface area contributed by atoms with Crippen LogP contribution in [0, 0.1) is 6.92 Å². The number of aromatic nitrogens is 2. The molecule has 45 heavy (non-hydrogen) atoms. The average molecular weight is 605 g/mol. The van der Waals surface area contributed by atoms with Crippen LogP contribution < -0.4 is 25.1 Å². The highest BCUT2D eigenvalue weighted by Gasteiger charge is 2.18. The predicted molar refractivity (Wildman–Crippen MR) is 178 cm³/mol. The number of nitrogens with one attached hydrogen (secondary N) is 1. The Balaban J connectivity index is 1.50. The molecule has 0 aliphatic rings. The fourth-order valence-electron chi connectivity index (χ4n) is 4.95. The molecule has 9 nitrogen and oxygen atoms in total. The van der Waals surface area contributed by atoms with Crippen LogP contribution in [0.25, 0.3) is 22.3 Å². The Hall–Kier alpha value is -5.44. The summed E-state index contributed by atoms with van der Waals surface area (Å²) < 4.78 is 18.6. The molecule has 0 saturated carbocycles. The molecule has 4 aromatic carbocycles. The van der Waals surface area contributed by atoms with E-state index in [9.17, 15) is 9.59 Å². The molecular formula is C36H36N4O5. The van der Waals surface area contributed by atoms with Crippen molar-refractivity contribution in [3.8, 4) is 28.6 Å². The number of amides is 1. The lowest BCUT2D eigenvalue weighted by molar-refractivity contribution is -0.118. The molecule has 9 heteroatoms. The van der Waals surface area contributed by atoms with E-state index in [1.807, 2.05) is 62.4 Å². The molecule has 0 spiro atoms. The van der Waals surface area contributed by atoms with Gasteiger partial charge in [0.05, 0.1) is 30.8 Å². The van der Waals surface area contributed by atoms with Gasteiger partial charge in [0.2, 0.25) is 0 Å². The Kier molecular flexibility index (Phi) is 9.57. The van der Waals surface area contributed by atoms with Gasteiger partial charge in [-0.25, -0.2) is 4.98 Å². The van der Waals surface area contributed by atoms with Gasteiger partial charge in [0, 0.05) is 11.3 Å². The van der Waals surface area contributed by atoms with E-state index in [4.69, 9.17) is 19.2 Å². The summed E-state index contributed by atoms with van der Waals surface area (Å²) >= 11 is 0. The Labute approximate surface area is 262 Å². The molecule has 0 atom stereocenters. The van der Waals surface area contributed by atoms with Gasteiger partial charge in [-0.2, -0.15) is 9.78 Å². The number of ether oxygens (including phenoxy) is 3. The molecular weight excluding hydrogens is 568 g/mol. The number of hydrogen-bond acceptors (Lipinski definition) is 7. The second-order valence-corrected chi connectivity index (χ2v) is 10.7. The van der Waals surface area contributed by atoms with Gasteiger partial charge < -0.3 is 19.5 Å². The van der Waals surface area contributed by atoms with Crippen molar-refractivity contribution in [3.63, 3.8) is 0 Å². The molecule has 0 fully saturated rings. The van der Waals surface area contributed by atoms with Crippen LogP contribution in [-0.4, -0.2) is 42.1 Å². The zero-order valence-electron chi connectivity index (χ0n) is 26.0. The molecule has 0 aliphatic carbocycles. The van der Waals surface area contributed by atoms with Gasteiger partial charge in [0.1, 0.15) is 5.75 Å². The quantitative estimate of drug-likeness (QED) is 0.166.